The normalized spacial score (nSPS) is 30.0. The van der Waals surface area contributed by atoms with Crippen molar-refractivity contribution in [3.8, 4) is 0 Å². The van der Waals surface area contributed by atoms with E-state index in [1.165, 1.54) is 32.4 Å². The Kier molecular flexibility index (Phi) is 3.16. The fourth-order valence-corrected chi connectivity index (χ4v) is 1.45. The van der Waals surface area contributed by atoms with Gasteiger partial charge in [0.15, 0.2) is 0 Å². The summed E-state index contributed by atoms with van der Waals surface area (Å²) in [5.74, 6) is 0. The molecule has 1 aliphatic heterocycles. The average molecular weight is 143 g/mol. The van der Waals surface area contributed by atoms with Gasteiger partial charge in [0, 0.05) is 13.7 Å². The Morgan fingerprint density at radius 1 is 1.30 bits per heavy atom. The SMILES string of the molecule is COC1CCCN(C)CC1. The van der Waals surface area contributed by atoms with Crippen molar-refractivity contribution in [3.63, 3.8) is 0 Å². The van der Waals surface area contributed by atoms with Gasteiger partial charge in [0.1, 0.15) is 0 Å². The highest BCUT2D eigenvalue weighted by Gasteiger charge is 2.12. The lowest BCUT2D eigenvalue weighted by molar-refractivity contribution is 0.0906. The first-order chi connectivity index (χ1) is 4.83. The van der Waals surface area contributed by atoms with Crippen LogP contribution in [0.25, 0.3) is 0 Å². The zero-order chi connectivity index (χ0) is 7.40. The number of hydrogen-bond donors (Lipinski definition) is 0. The Bertz CT molecular complexity index is 95.3. The van der Waals surface area contributed by atoms with Crippen LogP contribution in [-0.2, 0) is 4.74 Å². The fourth-order valence-electron chi connectivity index (χ4n) is 1.45. The summed E-state index contributed by atoms with van der Waals surface area (Å²) in [4.78, 5) is 2.37. The molecule has 0 aromatic carbocycles. The summed E-state index contributed by atoms with van der Waals surface area (Å²) in [7, 11) is 3.99. The van der Waals surface area contributed by atoms with Gasteiger partial charge in [-0.3, -0.25) is 0 Å². The van der Waals surface area contributed by atoms with E-state index in [0.717, 1.165) is 0 Å². The molecule has 0 bridgehead atoms. The highest BCUT2D eigenvalue weighted by Crippen LogP contribution is 2.11. The third-order valence-corrected chi connectivity index (χ3v) is 2.23. The van der Waals surface area contributed by atoms with Crippen LogP contribution in [0, 0.1) is 0 Å². The van der Waals surface area contributed by atoms with Crippen molar-refractivity contribution in [2.45, 2.75) is 25.4 Å². The van der Waals surface area contributed by atoms with Gasteiger partial charge in [0.2, 0.25) is 0 Å². The molecule has 1 atom stereocenters. The lowest BCUT2D eigenvalue weighted by atomic mass is 10.2. The van der Waals surface area contributed by atoms with Gasteiger partial charge in [-0.1, -0.05) is 0 Å². The van der Waals surface area contributed by atoms with E-state index in [2.05, 4.69) is 11.9 Å². The predicted octanol–water partition coefficient (Wildman–Crippen LogP) is 1.12. The number of likely N-dealkylation sites (tertiary alicyclic amines) is 1. The van der Waals surface area contributed by atoms with Gasteiger partial charge in [-0.2, -0.15) is 0 Å². The first kappa shape index (κ1) is 8.02. The topological polar surface area (TPSA) is 12.5 Å². The summed E-state index contributed by atoms with van der Waals surface area (Å²) in [5, 5.41) is 0. The molecule has 1 aliphatic rings. The number of ether oxygens (including phenoxy) is 1. The van der Waals surface area contributed by atoms with E-state index >= 15 is 0 Å². The van der Waals surface area contributed by atoms with E-state index in [9.17, 15) is 0 Å². The third-order valence-electron chi connectivity index (χ3n) is 2.23. The van der Waals surface area contributed by atoms with Crippen LogP contribution >= 0.6 is 0 Å². The molecule has 2 heteroatoms. The maximum atomic E-state index is 5.29. The van der Waals surface area contributed by atoms with E-state index in [4.69, 9.17) is 4.74 Å². The van der Waals surface area contributed by atoms with Crippen molar-refractivity contribution < 1.29 is 4.74 Å². The quantitative estimate of drug-likeness (QED) is 0.545. The van der Waals surface area contributed by atoms with Gasteiger partial charge in [-0.15, -0.1) is 0 Å². The largest absolute Gasteiger partial charge is 0.381 e. The molecule has 0 amide bonds. The van der Waals surface area contributed by atoms with Crippen LogP contribution < -0.4 is 0 Å². The van der Waals surface area contributed by atoms with Gasteiger partial charge in [-0.25, -0.2) is 0 Å². The van der Waals surface area contributed by atoms with Crippen LogP contribution in [0.3, 0.4) is 0 Å². The number of rotatable bonds is 1. The van der Waals surface area contributed by atoms with E-state index in [1.807, 2.05) is 7.11 Å². The summed E-state index contributed by atoms with van der Waals surface area (Å²) >= 11 is 0. The minimum atomic E-state index is 0.518. The van der Waals surface area contributed by atoms with Crippen LogP contribution in [0.5, 0.6) is 0 Å². The van der Waals surface area contributed by atoms with Crippen molar-refractivity contribution in [1.29, 1.82) is 0 Å². The fraction of sp³-hybridized carbons (Fsp3) is 1.00. The summed E-state index contributed by atoms with van der Waals surface area (Å²) in [6, 6.07) is 0. The zero-order valence-electron chi connectivity index (χ0n) is 6.97. The van der Waals surface area contributed by atoms with E-state index < -0.39 is 0 Å². The molecular formula is C8H17NO. The standard InChI is InChI=1S/C8H17NO/c1-9-6-3-4-8(10-2)5-7-9/h8H,3-7H2,1-2H3. The first-order valence-corrected chi connectivity index (χ1v) is 4.04. The summed E-state index contributed by atoms with van der Waals surface area (Å²) in [6.45, 7) is 2.43. The van der Waals surface area contributed by atoms with E-state index in [1.54, 1.807) is 0 Å². The van der Waals surface area contributed by atoms with Crippen molar-refractivity contribution in [3.05, 3.63) is 0 Å². The average Bonchev–Trinajstić information content (AvgIpc) is 2.14. The van der Waals surface area contributed by atoms with E-state index in [-0.39, 0.29) is 0 Å². The van der Waals surface area contributed by atoms with Crippen LogP contribution in [0.15, 0.2) is 0 Å². The highest BCUT2D eigenvalue weighted by atomic mass is 16.5. The minimum Gasteiger partial charge on any atom is -0.381 e. The highest BCUT2D eigenvalue weighted by molar-refractivity contribution is 4.66. The molecule has 2 nitrogen and oxygen atoms in total. The Morgan fingerprint density at radius 3 is 2.80 bits per heavy atom. The molecule has 0 saturated carbocycles. The molecule has 1 saturated heterocycles. The maximum absolute atomic E-state index is 5.29. The zero-order valence-corrected chi connectivity index (χ0v) is 6.97. The van der Waals surface area contributed by atoms with Crippen molar-refractivity contribution in [1.82, 2.24) is 4.90 Å². The predicted molar refractivity (Wildman–Crippen MR) is 42.1 cm³/mol. The molecular weight excluding hydrogens is 126 g/mol. The van der Waals surface area contributed by atoms with Crippen molar-refractivity contribution >= 4 is 0 Å². The molecule has 1 rings (SSSR count). The Morgan fingerprint density at radius 2 is 2.10 bits per heavy atom. The Balaban J connectivity index is 2.26. The van der Waals surface area contributed by atoms with Crippen LogP contribution in [0.4, 0.5) is 0 Å². The molecule has 0 spiro atoms. The number of methoxy groups -OCH3 is 1. The van der Waals surface area contributed by atoms with Gasteiger partial charge < -0.3 is 9.64 Å². The maximum Gasteiger partial charge on any atom is 0.0584 e. The molecule has 1 heterocycles. The molecule has 60 valence electrons. The van der Waals surface area contributed by atoms with Gasteiger partial charge in [0.25, 0.3) is 0 Å². The first-order valence-electron chi connectivity index (χ1n) is 4.04. The molecule has 0 aliphatic carbocycles. The monoisotopic (exact) mass is 143 g/mol. The minimum absolute atomic E-state index is 0.518. The lowest BCUT2D eigenvalue weighted by Gasteiger charge is -2.12. The Hall–Kier alpha value is -0.0800. The van der Waals surface area contributed by atoms with Crippen molar-refractivity contribution in [2.75, 3.05) is 27.2 Å². The second kappa shape index (κ2) is 3.94. The molecule has 10 heavy (non-hydrogen) atoms. The molecule has 0 aromatic heterocycles. The molecule has 1 fully saturated rings. The van der Waals surface area contributed by atoms with E-state index in [0.29, 0.717) is 6.10 Å². The third kappa shape index (κ3) is 2.27. The molecule has 0 radical (unpaired) electrons. The number of nitrogens with zero attached hydrogens (tertiary/aromatic N) is 1. The second-order valence-electron chi connectivity index (χ2n) is 3.09. The Labute approximate surface area is 63.2 Å². The van der Waals surface area contributed by atoms with Gasteiger partial charge in [-0.05, 0) is 32.9 Å². The van der Waals surface area contributed by atoms with Crippen LogP contribution in [0.2, 0.25) is 0 Å². The van der Waals surface area contributed by atoms with Gasteiger partial charge >= 0.3 is 0 Å². The molecule has 1 unspecified atom stereocenters. The van der Waals surface area contributed by atoms with Crippen molar-refractivity contribution in [2.24, 2.45) is 0 Å². The lowest BCUT2D eigenvalue weighted by Crippen LogP contribution is -2.19. The number of hydrogen-bond acceptors (Lipinski definition) is 2. The van der Waals surface area contributed by atoms with Crippen LogP contribution in [0.1, 0.15) is 19.3 Å². The van der Waals surface area contributed by atoms with Crippen LogP contribution in [-0.4, -0.2) is 38.3 Å². The smallest absolute Gasteiger partial charge is 0.0584 e. The second-order valence-corrected chi connectivity index (χ2v) is 3.09. The summed E-state index contributed by atoms with van der Waals surface area (Å²) < 4.78 is 5.29. The molecule has 0 N–H and O–H groups in total. The summed E-state index contributed by atoms with van der Waals surface area (Å²) in [5.41, 5.74) is 0. The summed E-state index contributed by atoms with van der Waals surface area (Å²) in [6.07, 6.45) is 4.24. The van der Waals surface area contributed by atoms with Gasteiger partial charge in [0.05, 0.1) is 6.10 Å². The molecule has 0 aromatic rings.